The van der Waals surface area contributed by atoms with Crippen LogP contribution in [0.1, 0.15) is 15.9 Å². The van der Waals surface area contributed by atoms with E-state index < -0.39 is 22.8 Å². The van der Waals surface area contributed by atoms with Crippen LogP contribution in [0.5, 0.6) is 23.1 Å². The number of rotatable bonds is 9. The molecule has 0 aliphatic rings. The lowest BCUT2D eigenvalue weighted by Crippen LogP contribution is -2.21. The second-order valence-electron chi connectivity index (χ2n) is 10.0. The molecule has 12 heteroatoms. The van der Waals surface area contributed by atoms with Gasteiger partial charge in [0, 0.05) is 67.5 Å². The summed E-state index contributed by atoms with van der Waals surface area (Å²) in [6.07, 6.45) is 7.14. The first-order valence-corrected chi connectivity index (χ1v) is 13.6. The van der Waals surface area contributed by atoms with E-state index in [0.29, 0.717) is 33.8 Å². The first-order chi connectivity index (χ1) is 21.7. The summed E-state index contributed by atoms with van der Waals surface area (Å²) in [5, 5.41) is 4.89. The minimum absolute atomic E-state index is 0.143. The zero-order chi connectivity index (χ0) is 31.7. The molecule has 226 valence electrons. The molecule has 0 fully saturated rings. The molecule has 0 amide bonds. The standard InChI is InChI=1S/C33H25F2N5O5/c1-39-11-9-31(38-39)40-17-23(20-4-6-21(34)7-5-20)32(42)24(18-40)27(41)13-19-12-25(35)33(37-16-19)45-28-8-10-36-26-15-30(44-3)29(43-2)14-22(26)28/h4-12,14-18H,13H2,1-3H3. The van der Waals surface area contributed by atoms with Crippen LogP contribution in [0.25, 0.3) is 27.8 Å². The van der Waals surface area contributed by atoms with Crippen LogP contribution >= 0.6 is 0 Å². The molecule has 2 aromatic carbocycles. The molecule has 0 atom stereocenters. The maximum absolute atomic E-state index is 15.3. The fourth-order valence-corrected chi connectivity index (χ4v) is 4.84. The van der Waals surface area contributed by atoms with E-state index in [4.69, 9.17) is 14.2 Å². The predicted molar refractivity (Wildman–Crippen MR) is 161 cm³/mol. The number of fused-ring (bicyclic) bond motifs is 1. The maximum atomic E-state index is 15.3. The molecule has 0 unspecified atom stereocenters. The average molecular weight is 610 g/mol. The van der Waals surface area contributed by atoms with Crippen LogP contribution in [0.3, 0.4) is 0 Å². The second-order valence-corrected chi connectivity index (χ2v) is 10.0. The molecule has 0 saturated heterocycles. The van der Waals surface area contributed by atoms with Crippen LogP contribution in [0, 0.1) is 11.6 Å². The Morgan fingerprint density at radius 3 is 2.36 bits per heavy atom. The molecular formula is C33H25F2N5O5. The molecule has 0 bridgehead atoms. The van der Waals surface area contributed by atoms with Crippen molar-refractivity contribution < 1.29 is 27.8 Å². The van der Waals surface area contributed by atoms with Crippen molar-refractivity contribution in [3.8, 4) is 40.1 Å². The fraction of sp³-hybridized carbons (Fsp3) is 0.121. The number of carbonyl (C=O) groups is 1. The van der Waals surface area contributed by atoms with Crippen molar-refractivity contribution in [1.29, 1.82) is 0 Å². The van der Waals surface area contributed by atoms with Crippen molar-refractivity contribution in [3.05, 3.63) is 119 Å². The van der Waals surface area contributed by atoms with Gasteiger partial charge in [0.15, 0.2) is 34.3 Å². The summed E-state index contributed by atoms with van der Waals surface area (Å²) >= 11 is 0. The van der Waals surface area contributed by atoms with Gasteiger partial charge < -0.3 is 18.8 Å². The Labute approximate surface area is 255 Å². The van der Waals surface area contributed by atoms with Crippen molar-refractivity contribution in [1.82, 2.24) is 24.3 Å². The molecule has 6 rings (SSSR count). The van der Waals surface area contributed by atoms with E-state index in [0.717, 1.165) is 6.07 Å². The Kier molecular flexibility index (Phi) is 7.78. The smallest absolute Gasteiger partial charge is 0.255 e. The molecule has 4 aromatic heterocycles. The number of hydrogen-bond acceptors (Lipinski definition) is 8. The first-order valence-electron chi connectivity index (χ1n) is 13.6. The number of methoxy groups -OCH3 is 2. The maximum Gasteiger partial charge on any atom is 0.255 e. The van der Waals surface area contributed by atoms with Gasteiger partial charge in [0.1, 0.15) is 11.6 Å². The molecule has 0 saturated carbocycles. The summed E-state index contributed by atoms with van der Waals surface area (Å²) < 4.78 is 48.5. The van der Waals surface area contributed by atoms with Crippen LogP contribution < -0.4 is 19.6 Å². The van der Waals surface area contributed by atoms with Gasteiger partial charge in [-0.1, -0.05) is 12.1 Å². The van der Waals surface area contributed by atoms with Gasteiger partial charge in [-0.25, -0.2) is 13.8 Å². The van der Waals surface area contributed by atoms with Crippen molar-refractivity contribution >= 4 is 16.7 Å². The SMILES string of the molecule is COc1cc2nccc(Oc3ncc(CC(=O)c4cn(-c5ccn(C)n5)cc(-c5ccc(F)cc5)c4=O)cc3F)c2cc1OC. The van der Waals surface area contributed by atoms with Gasteiger partial charge in [-0.05, 0) is 41.5 Å². The summed E-state index contributed by atoms with van der Waals surface area (Å²) in [6, 6.07) is 13.1. The Bertz CT molecular complexity index is 2130. The van der Waals surface area contributed by atoms with Crippen molar-refractivity contribution in [2.45, 2.75) is 6.42 Å². The summed E-state index contributed by atoms with van der Waals surface area (Å²) in [4.78, 5) is 35.4. The summed E-state index contributed by atoms with van der Waals surface area (Å²) in [7, 11) is 4.74. The molecular weight excluding hydrogens is 584 g/mol. The summed E-state index contributed by atoms with van der Waals surface area (Å²) in [6.45, 7) is 0. The number of ketones is 1. The van der Waals surface area contributed by atoms with E-state index in [2.05, 4.69) is 15.1 Å². The molecule has 0 aliphatic heterocycles. The number of aryl methyl sites for hydroxylation is 1. The third kappa shape index (κ3) is 5.85. The van der Waals surface area contributed by atoms with Crippen LogP contribution in [0.4, 0.5) is 8.78 Å². The normalized spacial score (nSPS) is 11.0. The minimum Gasteiger partial charge on any atom is -0.493 e. The number of hydrogen-bond donors (Lipinski definition) is 0. The number of carbonyl (C=O) groups excluding carboxylic acids is 1. The highest BCUT2D eigenvalue weighted by atomic mass is 19.1. The summed E-state index contributed by atoms with van der Waals surface area (Å²) in [5.41, 5.74) is 0.673. The van der Waals surface area contributed by atoms with Crippen molar-refractivity contribution in [3.63, 3.8) is 0 Å². The topological polar surface area (TPSA) is 110 Å². The van der Waals surface area contributed by atoms with Crippen LogP contribution in [0.2, 0.25) is 0 Å². The van der Waals surface area contributed by atoms with Gasteiger partial charge in [-0.3, -0.25) is 19.3 Å². The number of nitrogens with zero attached hydrogens (tertiary/aromatic N) is 5. The lowest BCUT2D eigenvalue weighted by molar-refractivity contribution is 0.0991. The molecule has 6 aromatic rings. The lowest BCUT2D eigenvalue weighted by Gasteiger charge is -2.13. The third-order valence-electron chi connectivity index (χ3n) is 7.09. The highest BCUT2D eigenvalue weighted by Crippen LogP contribution is 2.37. The van der Waals surface area contributed by atoms with E-state index in [1.54, 1.807) is 46.8 Å². The highest BCUT2D eigenvalue weighted by Gasteiger charge is 2.20. The third-order valence-corrected chi connectivity index (χ3v) is 7.09. The highest BCUT2D eigenvalue weighted by molar-refractivity contribution is 5.98. The zero-order valence-corrected chi connectivity index (χ0v) is 24.3. The molecule has 10 nitrogen and oxygen atoms in total. The second kappa shape index (κ2) is 12.0. The van der Waals surface area contributed by atoms with E-state index >= 15 is 4.39 Å². The Hall–Kier alpha value is -5.91. The molecule has 45 heavy (non-hydrogen) atoms. The Balaban J connectivity index is 1.30. The van der Waals surface area contributed by atoms with E-state index in [1.807, 2.05) is 0 Å². The number of Topliss-reactive ketones (excluding diaryl/α,β-unsaturated/α-hetero) is 1. The van der Waals surface area contributed by atoms with Crippen molar-refractivity contribution in [2.75, 3.05) is 14.2 Å². The van der Waals surface area contributed by atoms with Gasteiger partial charge in [0.25, 0.3) is 5.88 Å². The zero-order valence-electron chi connectivity index (χ0n) is 24.3. The molecule has 0 radical (unpaired) electrons. The van der Waals surface area contributed by atoms with Gasteiger partial charge in [-0.15, -0.1) is 0 Å². The minimum atomic E-state index is -0.809. The summed E-state index contributed by atoms with van der Waals surface area (Å²) in [5.74, 6) is -0.493. The fourth-order valence-electron chi connectivity index (χ4n) is 4.84. The molecule has 4 heterocycles. The quantitative estimate of drug-likeness (QED) is 0.192. The van der Waals surface area contributed by atoms with Crippen LogP contribution in [-0.4, -0.2) is 44.3 Å². The Morgan fingerprint density at radius 1 is 0.911 bits per heavy atom. The number of pyridine rings is 3. The first kappa shape index (κ1) is 29.2. The lowest BCUT2D eigenvalue weighted by atomic mass is 10.00. The largest absolute Gasteiger partial charge is 0.493 e. The van der Waals surface area contributed by atoms with E-state index in [-0.39, 0.29) is 34.7 Å². The van der Waals surface area contributed by atoms with Gasteiger partial charge in [-0.2, -0.15) is 5.10 Å². The van der Waals surface area contributed by atoms with Crippen LogP contribution in [0.15, 0.2) is 90.4 Å². The molecule has 0 aliphatic carbocycles. The predicted octanol–water partition coefficient (Wildman–Crippen LogP) is 5.69. The van der Waals surface area contributed by atoms with Gasteiger partial charge in [0.05, 0.1) is 25.3 Å². The Morgan fingerprint density at radius 2 is 1.67 bits per heavy atom. The molecule has 0 N–H and O–H groups in total. The number of ether oxygens (including phenoxy) is 3. The van der Waals surface area contributed by atoms with E-state index in [1.165, 1.54) is 63.3 Å². The van der Waals surface area contributed by atoms with Crippen molar-refractivity contribution in [2.24, 2.45) is 7.05 Å². The number of aromatic nitrogens is 5. The monoisotopic (exact) mass is 609 g/mol. The molecule has 0 spiro atoms. The van der Waals surface area contributed by atoms with Gasteiger partial charge >= 0.3 is 0 Å². The number of halogens is 2. The van der Waals surface area contributed by atoms with E-state index in [9.17, 15) is 14.0 Å². The average Bonchev–Trinajstić information content (AvgIpc) is 3.48. The number of benzene rings is 2. The van der Waals surface area contributed by atoms with Crippen LogP contribution in [-0.2, 0) is 13.5 Å². The van der Waals surface area contributed by atoms with Gasteiger partial charge in [0.2, 0.25) is 0 Å².